The fourth-order valence-corrected chi connectivity index (χ4v) is 2.26. The monoisotopic (exact) mass is 290 g/mol. The van der Waals surface area contributed by atoms with E-state index in [9.17, 15) is 9.90 Å². The fraction of sp³-hybridized carbons (Fsp3) is 0.312. The highest BCUT2D eigenvalue weighted by molar-refractivity contribution is 6.01. The number of carbonyl (C=O) groups is 1. The molecule has 0 spiro atoms. The third-order valence-corrected chi connectivity index (χ3v) is 3.39. The van der Waals surface area contributed by atoms with Crippen LogP contribution < -0.4 is 0 Å². The lowest BCUT2D eigenvalue weighted by Gasteiger charge is -2.30. The van der Waals surface area contributed by atoms with Crippen LogP contribution in [0, 0.1) is 5.92 Å². The first kappa shape index (κ1) is 15.3. The second-order valence-corrected chi connectivity index (χ2v) is 4.62. The second kappa shape index (κ2) is 6.11. The standard InChI is InChI=1S/C16H18O5/c1-19-12-9-16(18,21-3)10-13(20-2)14(12)15(17)11-7-5-4-6-8-11/h4-10,14,18H,1-3H3. The zero-order valence-corrected chi connectivity index (χ0v) is 12.2. The van der Waals surface area contributed by atoms with Crippen LogP contribution in [-0.4, -0.2) is 38.0 Å². The second-order valence-electron chi connectivity index (χ2n) is 4.62. The SMILES string of the molecule is COC1=CC(O)(OC)C=C(OC)C1C(=O)c1ccccc1. The molecule has 5 heteroatoms. The predicted octanol–water partition coefficient (Wildman–Crippen LogP) is 1.89. The third kappa shape index (κ3) is 2.99. The normalized spacial score (nSPS) is 24.9. The summed E-state index contributed by atoms with van der Waals surface area (Å²) >= 11 is 0. The van der Waals surface area contributed by atoms with Gasteiger partial charge < -0.3 is 19.3 Å². The van der Waals surface area contributed by atoms with Gasteiger partial charge in [0.1, 0.15) is 17.4 Å². The van der Waals surface area contributed by atoms with Gasteiger partial charge in [0, 0.05) is 24.8 Å². The van der Waals surface area contributed by atoms with E-state index in [4.69, 9.17) is 14.2 Å². The molecule has 1 aliphatic rings. The lowest BCUT2D eigenvalue weighted by Crippen LogP contribution is -2.35. The topological polar surface area (TPSA) is 65.0 Å². The smallest absolute Gasteiger partial charge is 0.212 e. The maximum absolute atomic E-state index is 12.7. The lowest BCUT2D eigenvalue weighted by atomic mass is 9.88. The van der Waals surface area contributed by atoms with E-state index in [0.29, 0.717) is 5.56 Å². The minimum atomic E-state index is -1.65. The van der Waals surface area contributed by atoms with Gasteiger partial charge in [-0.3, -0.25) is 4.79 Å². The number of ketones is 1. The van der Waals surface area contributed by atoms with Crippen LogP contribution in [0.15, 0.2) is 54.0 Å². The number of methoxy groups -OCH3 is 3. The molecular weight excluding hydrogens is 272 g/mol. The number of benzene rings is 1. The molecule has 0 aliphatic heterocycles. The molecule has 0 heterocycles. The van der Waals surface area contributed by atoms with Gasteiger partial charge in [0.2, 0.25) is 5.79 Å². The van der Waals surface area contributed by atoms with Gasteiger partial charge in [-0.1, -0.05) is 30.3 Å². The molecule has 0 saturated carbocycles. The van der Waals surface area contributed by atoms with E-state index in [-0.39, 0.29) is 17.3 Å². The molecule has 0 aromatic heterocycles. The number of rotatable bonds is 5. The van der Waals surface area contributed by atoms with Crippen molar-refractivity contribution in [2.75, 3.05) is 21.3 Å². The van der Waals surface area contributed by atoms with Gasteiger partial charge in [-0.2, -0.15) is 0 Å². The van der Waals surface area contributed by atoms with Crippen LogP contribution in [0.1, 0.15) is 10.4 Å². The highest BCUT2D eigenvalue weighted by Crippen LogP contribution is 2.34. The first-order chi connectivity index (χ1) is 10.0. The third-order valence-electron chi connectivity index (χ3n) is 3.39. The molecule has 0 amide bonds. The molecule has 1 N–H and O–H groups in total. The number of carbonyl (C=O) groups excluding carboxylic acids is 1. The Balaban J connectivity index is 2.44. The van der Waals surface area contributed by atoms with Crippen LogP contribution in [-0.2, 0) is 14.2 Å². The Bertz CT molecular complexity index is 552. The van der Waals surface area contributed by atoms with Crippen LogP contribution in [0.3, 0.4) is 0 Å². The first-order valence-electron chi connectivity index (χ1n) is 6.45. The van der Waals surface area contributed by atoms with Gasteiger partial charge in [0.15, 0.2) is 5.78 Å². The zero-order valence-electron chi connectivity index (χ0n) is 12.2. The molecular formula is C16H18O5. The summed E-state index contributed by atoms with van der Waals surface area (Å²) in [5, 5.41) is 10.2. The summed E-state index contributed by atoms with van der Waals surface area (Å²) in [7, 11) is 4.23. The number of aliphatic hydroxyl groups is 1. The van der Waals surface area contributed by atoms with E-state index < -0.39 is 11.7 Å². The molecule has 0 saturated heterocycles. The van der Waals surface area contributed by atoms with Gasteiger partial charge in [-0.15, -0.1) is 0 Å². The van der Waals surface area contributed by atoms with Crippen molar-refractivity contribution in [2.24, 2.45) is 5.92 Å². The van der Waals surface area contributed by atoms with Crippen molar-refractivity contribution in [1.29, 1.82) is 0 Å². The Morgan fingerprint density at radius 1 is 1.05 bits per heavy atom. The van der Waals surface area contributed by atoms with E-state index >= 15 is 0 Å². The minimum Gasteiger partial charge on any atom is -0.500 e. The average Bonchev–Trinajstić information content (AvgIpc) is 2.54. The van der Waals surface area contributed by atoms with Gasteiger partial charge in [0.25, 0.3) is 0 Å². The van der Waals surface area contributed by atoms with Crippen molar-refractivity contribution < 1.29 is 24.1 Å². The summed E-state index contributed by atoms with van der Waals surface area (Å²) in [4.78, 5) is 12.7. The predicted molar refractivity (Wildman–Crippen MR) is 76.4 cm³/mol. The molecule has 1 aromatic rings. The molecule has 0 fully saturated rings. The maximum Gasteiger partial charge on any atom is 0.212 e. The highest BCUT2D eigenvalue weighted by atomic mass is 16.6. The largest absolute Gasteiger partial charge is 0.500 e. The molecule has 2 rings (SSSR count). The van der Waals surface area contributed by atoms with E-state index in [2.05, 4.69) is 0 Å². The molecule has 0 atom stereocenters. The molecule has 1 aliphatic carbocycles. The summed E-state index contributed by atoms with van der Waals surface area (Å²) in [6.45, 7) is 0. The van der Waals surface area contributed by atoms with Gasteiger partial charge >= 0.3 is 0 Å². The molecule has 112 valence electrons. The Morgan fingerprint density at radius 3 is 2.00 bits per heavy atom. The van der Waals surface area contributed by atoms with E-state index in [1.807, 2.05) is 6.07 Å². The number of Topliss-reactive ketones (excluding diaryl/α,β-unsaturated/α-hetero) is 1. The van der Waals surface area contributed by atoms with Crippen molar-refractivity contribution in [2.45, 2.75) is 5.79 Å². The molecule has 21 heavy (non-hydrogen) atoms. The fourth-order valence-electron chi connectivity index (χ4n) is 2.26. The van der Waals surface area contributed by atoms with Gasteiger partial charge in [0.05, 0.1) is 14.2 Å². The summed E-state index contributed by atoms with van der Waals surface area (Å²) in [5.41, 5.74) is 0.538. The number of hydrogen-bond donors (Lipinski definition) is 1. The van der Waals surface area contributed by atoms with Crippen LogP contribution >= 0.6 is 0 Å². The van der Waals surface area contributed by atoms with Crippen molar-refractivity contribution in [3.05, 3.63) is 59.6 Å². The van der Waals surface area contributed by atoms with Crippen LogP contribution in [0.4, 0.5) is 0 Å². The highest BCUT2D eigenvalue weighted by Gasteiger charge is 2.39. The Kier molecular flexibility index (Phi) is 4.45. The summed E-state index contributed by atoms with van der Waals surface area (Å²) in [5.74, 6) is -1.99. The lowest BCUT2D eigenvalue weighted by molar-refractivity contribution is -0.113. The van der Waals surface area contributed by atoms with Crippen molar-refractivity contribution >= 4 is 5.78 Å². The number of ether oxygens (including phenoxy) is 3. The summed E-state index contributed by atoms with van der Waals surface area (Å²) < 4.78 is 15.5. The Labute approximate surface area is 123 Å². The van der Waals surface area contributed by atoms with Gasteiger partial charge in [-0.05, 0) is 0 Å². The van der Waals surface area contributed by atoms with Crippen molar-refractivity contribution in [3.63, 3.8) is 0 Å². The average molecular weight is 290 g/mol. The zero-order chi connectivity index (χ0) is 15.5. The molecule has 0 unspecified atom stereocenters. The quantitative estimate of drug-likeness (QED) is 0.662. The van der Waals surface area contributed by atoms with Crippen LogP contribution in [0.5, 0.6) is 0 Å². The van der Waals surface area contributed by atoms with Crippen LogP contribution in [0.25, 0.3) is 0 Å². The maximum atomic E-state index is 12.7. The van der Waals surface area contributed by atoms with Crippen molar-refractivity contribution in [3.8, 4) is 0 Å². The van der Waals surface area contributed by atoms with E-state index in [1.54, 1.807) is 24.3 Å². The minimum absolute atomic E-state index is 0.171. The molecule has 1 aromatic carbocycles. The van der Waals surface area contributed by atoms with E-state index in [0.717, 1.165) is 0 Å². The van der Waals surface area contributed by atoms with Crippen LogP contribution in [0.2, 0.25) is 0 Å². The molecule has 0 radical (unpaired) electrons. The van der Waals surface area contributed by atoms with E-state index in [1.165, 1.54) is 33.5 Å². The van der Waals surface area contributed by atoms with Crippen molar-refractivity contribution in [1.82, 2.24) is 0 Å². The number of hydrogen-bond acceptors (Lipinski definition) is 5. The molecule has 0 bridgehead atoms. The van der Waals surface area contributed by atoms with Gasteiger partial charge in [-0.25, -0.2) is 0 Å². The first-order valence-corrected chi connectivity index (χ1v) is 6.45. The Hall–Kier alpha value is -2.11. The Morgan fingerprint density at radius 2 is 1.57 bits per heavy atom. The summed E-state index contributed by atoms with van der Waals surface area (Å²) in [6.07, 6.45) is 2.72. The molecule has 5 nitrogen and oxygen atoms in total. The summed E-state index contributed by atoms with van der Waals surface area (Å²) in [6, 6.07) is 8.85.